The Morgan fingerprint density at radius 3 is 2.75 bits per heavy atom. The average molecular weight is 483 g/mol. The summed E-state index contributed by atoms with van der Waals surface area (Å²) in [4.78, 5) is 22.4. The van der Waals surface area contributed by atoms with Crippen molar-refractivity contribution >= 4 is 17.5 Å². The third-order valence-electron chi connectivity index (χ3n) is 6.08. The number of ether oxygens (including phenoxy) is 3. The number of pyridine rings is 1. The number of allylic oxidation sites excluding steroid dienone is 1. The number of anilines is 2. The molecule has 0 spiro atoms. The van der Waals surface area contributed by atoms with Crippen molar-refractivity contribution in [1.29, 1.82) is 0 Å². The van der Waals surface area contributed by atoms with E-state index in [1.807, 2.05) is 49.4 Å². The number of hydrogen-bond donors (Lipinski definition) is 2. The second-order valence-electron chi connectivity index (χ2n) is 8.31. The van der Waals surface area contributed by atoms with Gasteiger partial charge in [0.1, 0.15) is 11.8 Å². The molecule has 4 heterocycles. The lowest BCUT2D eigenvalue weighted by molar-refractivity contribution is -0.113. The number of benzene rings is 2. The molecular formula is C26H22N6O4. The topological polar surface area (TPSA) is 112 Å². The number of carbonyl (C=O) groups is 1. The quantitative estimate of drug-likeness (QED) is 0.439. The van der Waals surface area contributed by atoms with Gasteiger partial charge in [0.15, 0.2) is 17.3 Å². The molecule has 0 bridgehead atoms. The number of amides is 1. The molecule has 1 atom stereocenters. The van der Waals surface area contributed by atoms with Crippen LogP contribution in [0.15, 0.2) is 78.3 Å². The molecular weight excluding hydrogens is 460 g/mol. The van der Waals surface area contributed by atoms with Crippen LogP contribution in [0.5, 0.6) is 17.2 Å². The van der Waals surface area contributed by atoms with Crippen molar-refractivity contribution in [3.63, 3.8) is 0 Å². The van der Waals surface area contributed by atoms with Crippen molar-refractivity contribution in [3.8, 4) is 28.6 Å². The van der Waals surface area contributed by atoms with Crippen LogP contribution in [0.1, 0.15) is 18.5 Å². The van der Waals surface area contributed by atoms with Gasteiger partial charge < -0.3 is 24.8 Å². The first-order valence-corrected chi connectivity index (χ1v) is 11.3. The van der Waals surface area contributed by atoms with Gasteiger partial charge in [-0.2, -0.15) is 4.98 Å². The van der Waals surface area contributed by atoms with Crippen molar-refractivity contribution < 1.29 is 19.0 Å². The Balaban J connectivity index is 1.44. The van der Waals surface area contributed by atoms with E-state index in [1.165, 1.54) is 0 Å². The molecule has 2 aliphatic heterocycles. The lowest BCUT2D eigenvalue weighted by atomic mass is 9.94. The SMILES string of the molecule is COc1ccc(-c2nc3n(n2)C(c2ccc4c(c2)OCO4)C(C(=O)Nc2cccnc2)=C(C)N3)cc1. The van der Waals surface area contributed by atoms with Gasteiger partial charge in [0, 0.05) is 17.5 Å². The van der Waals surface area contributed by atoms with E-state index >= 15 is 0 Å². The fourth-order valence-corrected chi connectivity index (χ4v) is 4.33. The van der Waals surface area contributed by atoms with E-state index in [0.717, 1.165) is 16.9 Å². The van der Waals surface area contributed by atoms with Crippen LogP contribution in [0.2, 0.25) is 0 Å². The van der Waals surface area contributed by atoms with Crippen LogP contribution >= 0.6 is 0 Å². The number of methoxy groups -OCH3 is 1. The van der Waals surface area contributed by atoms with Gasteiger partial charge in [-0.05, 0) is 61.0 Å². The first-order chi connectivity index (χ1) is 17.6. The van der Waals surface area contributed by atoms with Crippen molar-refractivity contribution in [2.45, 2.75) is 13.0 Å². The van der Waals surface area contributed by atoms with Crippen LogP contribution in [-0.2, 0) is 4.79 Å². The first kappa shape index (κ1) is 21.7. The Morgan fingerprint density at radius 2 is 1.97 bits per heavy atom. The Bertz CT molecular complexity index is 1480. The molecule has 1 amide bonds. The van der Waals surface area contributed by atoms with Gasteiger partial charge >= 0.3 is 0 Å². The van der Waals surface area contributed by atoms with E-state index < -0.39 is 6.04 Å². The van der Waals surface area contributed by atoms with E-state index in [-0.39, 0.29) is 12.7 Å². The molecule has 36 heavy (non-hydrogen) atoms. The van der Waals surface area contributed by atoms with Gasteiger partial charge in [0.05, 0.1) is 24.6 Å². The molecule has 180 valence electrons. The Morgan fingerprint density at radius 1 is 1.14 bits per heavy atom. The zero-order chi connectivity index (χ0) is 24.6. The Kier molecular flexibility index (Phi) is 5.25. The molecule has 0 aliphatic carbocycles. The maximum Gasteiger partial charge on any atom is 0.255 e. The summed E-state index contributed by atoms with van der Waals surface area (Å²) in [6.07, 6.45) is 3.25. The zero-order valence-electron chi connectivity index (χ0n) is 19.6. The average Bonchev–Trinajstić information content (AvgIpc) is 3.55. The number of hydrogen-bond acceptors (Lipinski definition) is 8. The van der Waals surface area contributed by atoms with Crippen molar-refractivity contribution in [2.24, 2.45) is 0 Å². The maximum absolute atomic E-state index is 13.6. The number of nitrogens with one attached hydrogen (secondary N) is 2. The predicted octanol–water partition coefficient (Wildman–Crippen LogP) is 4.01. The monoisotopic (exact) mass is 482 g/mol. The van der Waals surface area contributed by atoms with Crippen LogP contribution in [-0.4, -0.2) is 39.6 Å². The van der Waals surface area contributed by atoms with Gasteiger partial charge in [0.2, 0.25) is 12.7 Å². The summed E-state index contributed by atoms with van der Waals surface area (Å²) < 4.78 is 18.1. The highest BCUT2D eigenvalue weighted by molar-refractivity contribution is 6.06. The summed E-state index contributed by atoms with van der Waals surface area (Å²) in [7, 11) is 1.62. The summed E-state index contributed by atoms with van der Waals surface area (Å²) in [5.41, 5.74) is 3.39. The van der Waals surface area contributed by atoms with Gasteiger partial charge in [-0.3, -0.25) is 9.78 Å². The fraction of sp³-hybridized carbons (Fsp3) is 0.154. The normalized spacial score (nSPS) is 15.8. The van der Waals surface area contributed by atoms with Gasteiger partial charge in [-0.1, -0.05) is 6.07 Å². The number of aromatic nitrogens is 4. The smallest absolute Gasteiger partial charge is 0.255 e. The molecule has 2 aliphatic rings. The summed E-state index contributed by atoms with van der Waals surface area (Å²) in [6.45, 7) is 2.01. The molecule has 10 nitrogen and oxygen atoms in total. The molecule has 0 saturated heterocycles. The third kappa shape index (κ3) is 3.78. The molecule has 0 radical (unpaired) electrons. The molecule has 2 aromatic heterocycles. The summed E-state index contributed by atoms with van der Waals surface area (Å²) >= 11 is 0. The summed E-state index contributed by atoms with van der Waals surface area (Å²) in [6, 6.07) is 16.1. The van der Waals surface area contributed by atoms with E-state index in [9.17, 15) is 4.79 Å². The molecule has 4 aromatic rings. The molecule has 6 rings (SSSR count). The lowest BCUT2D eigenvalue weighted by Gasteiger charge is -2.28. The maximum atomic E-state index is 13.6. The molecule has 0 saturated carbocycles. The molecule has 2 N–H and O–H groups in total. The minimum atomic E-state index is -0.563. The number of nitrogens with zero attached hydrogens (tertiary/aromatic N) is 4. The van der Waals surface area contributed by atoms with Crippen molar-refractivity contribution in [3.05, 3.63) is 83.8 Å². The van der Waals surface area contributed by atoms with Gasteiger partial charge in [0.25, 0.3) is 5.91 Å². The lowest BCUT2D eigenvalue weighted by Crippen LogP contribution is -2.31. The van der Waals surface area contributed by atoms with E-state index in [4.69, 9.17) is 24.3 Å². The second-order valence-corrected chi connectivity index (χ2v) is 8.31. The van der Waals surface area contributed by atoms with Crippen LogP contribution in [0.25, 0.3) is 11.4 Å². The highest BCUT2D eigenvalue weighted by Crippen LogP contribution is 2.41. The molecule has 2 aromatic carbocycles. The first-order valence-electron chi connectivity index (χ1n) is 11.3. The second kappa shape index (κ2) is 8.73. The van der Waals surface area contributed by atoms with Gasteiger partial charge in [-0.15, -0.1) is 5.10 Å². The van der Waals surface area contributed by atoms with Crippen molar-refractivity contribution in [2.75, 3.05) is 24.5 Å². The predicted molar refractivity (Wildman–Crippen MR) is 132 cm³/mol. The number of fused-ring (bicyclic) bond motifs is 2. The third-order valence-corrected chi connectivity index (χ3v) is 6.08. The van der Waals surface area contributed by atoms with E-state index in [2.05, 4.69) is 15.6 Å². The van der Waals surface area contributed by atoms with Crippen LogP contribution in [0.3, 0.4) is 0 Å². The highest BCUT2D eigenvalue weighted by atomic mass is 16.7. The molecule has 10 heteroatoms. The van der Waals surface area contributed by atoms with Crippen LogP contribution < -0.4 is 24.8 Å². The van der Waals surface area contributed by atoms with Gasteiger partial charge in [-0.25, -0.2) is 4.68 Å². The Labute approximate surface area is 206 Å². The highest BCUT2D eigenvalue weighted by Gasteiger charge is 2.35. The van der Waals surface area contributed by atoms with E-state index in [1.54, 1.807) is 36.3 Å². The summed E-state index contributed by atoms with van der Waals surface area (Å²) in [5, 5.41) is 11.0. The molecule has 0 fully saturated rings. The van der Waals surface area contributed by atoms with Crippen molar-refractivity contribution in [1.82, 2.24) is 19.7 Å². The van der Waals surface area contributed by atoms with Crippen LogP contribution in [0, 0.1) is 0 Å². The molecule has 1 unspecified atom stereocenters. The largest absolute Gasteiger partial charge is 0.497 e. The van der Waals surface area contributed by atoms with Crippen LogP contribution in [0.4, 0.5) is 11.6 Å². The summed E-state index contributed by atoms with van der Waals surface area (Å²) in [5.74, 6) is 2.79. The fourth-order valence-electron chi connectivity index (χ4n) is 4.33. The standard InChI is InChI=1S/C26H22N6O4/c1-15-22(25(33)29-18-4-3-11-27-13-18)23(17-7-10-20-21(12-17)36-14-35-20)32-26(28-15)30-24(31-32)16-5-8-19(34-2)9-6-16/h3-13,23H,14H2,1-2H3,(H,29,33)(H,28,30,31). The number of rotatable bonds is 5. The number of carbonyl (C=O) groups excluding carboxylic acids is 1. The minimum Gasteiger partial charge on any atom is -0.497 e. The zero-order valence-corrected chi connectivity index (χ0v) is 19.6. The van der Waals surface area contributed by atoms with E-state index in [0.29, 0.717) is 40.2 Å². The Hall–Kier alpha value is -4.86. The minimum absolute atomic E-state index is 0.157.